The van der Waals surface area contributed by atoms with E-state index in [0.717, 1.165) is 70.1 Å². The summed E-state index contributed by atoms with van der Waals surface area (Å²) >= 11 is 0. The first kappa shape index (κ1) is 24.2. The van der Waals surface area contributed by atoms with Crippen molar-refractivity contribution in [3.63, 3.8) is 0 Å². The first-order chi connectivity index (χ1) is 15.6. The molecule has 1 atom stereocenters. The van der Waals surface area contributed by atoms with Gasteiger partial charge in [-0.1, -0.05) is 24.3 Å². The zero-order chi connectivity index (χ0) is 22.9. The van der Waals surface area contributed by atoms with E-state index in [1.54, 1.807) is 7.11 Å². The SMILES string of the molecule is CCN(CC)C(=O)c1ccc(C(c2cccc(N)c2)N2CCN(CCCOC)CC2)cc1. The van der Waals surface area contributed by atoms with Crippen molar-refractivity contribution in [3.8, 4) is 0 Å². The van der Waals surface area contributed by atoms with Gasteiger partial charge in [-0.2, -0.15) is 0 Å². The Labute approximate surface area is 192 Å². The van der Waals surface area contributed by atoms with E-state index < -0.39 is 0 Å². The molecule has 0 aromatic heterocycles. The van der Waals surface area contributed by atoms with Crippen molar-refractivity contribution in [2.45, 2.75) is 26.3 Å². The van der Waals surface area contributed by atoms with Crippen molar-refractivity contribution in [1.82, 2.24) is 14.7 Å². The molecule has 6 heteroatoms. The van der Waals surface area contributed by atoms with Gasteiger partial charge in [0.2, 0.25) is 0 Å². The summed E-state index contributed by atoms with van der Waals surface area (Å²) < 4.78 is 5.20. The van der Waals surface area contributed by atoms with E-state index in [4.69, 9.17) is 10.5 Å². The van der Waals surface area contributed by atoms with Gasteiger partial charge >= 0.3 is 0 Å². The number of ether oxygens (including phenoxy) is 1. The van der Waals surface area contributed by atoms with Gasteiger partial charge in [-0.3, -0.25) is 9.69 Å². The van der Waals surface area contributed by atoms with Crippen molar-refractivity contribution in [3.05, 3.63) is 65.2 Å². The fraction of sp³-hybridized carbons (Fsp3) is 0.500. The average molecular weight is 439 g/mol. The second kappa shape index (κ2) is 12.0. The number of benzene rings is 2. The molecule has 2 N–H and O–H groups in total. The Kier molecular flexibility index (Phi) is 9.09. The van der Waals surface area contributed by atoms with Crippen molar-refractivity contribution < 1.29 is 9.53 Å². The smallest absolute Gasteiger partial charge is 0.253 e. The lowest BCUT2D eigenvalue weighted by Gasteiger charge is -2.40. The summed E-state index contributed by atoms with van der Waals surface area (Å²) in [6.07, 6.45) is 1.07. The Bertz CT molecular complexity index is 843. The number of nitrogen functional groups attached to an aromatic ring is 1. The Morgan fingerprint density at radius 1 is 1.03 bits per heavy atom. The molecule has 0 radical (unpaired) electrons. The van der Waals surface area contributed by atoms with Crippen LogP contribution >= 0.6 is 0 Å². The van der Waals surface area contributed by atoms with Gasteiger partial charge < -0.3 is 20.3 Å². The summed E-state index contributed by atoms with van der Waals surface area (Å²) in [6, 6.07) is 16.5. The monoisotopic (exact) mass is 438 g/mol. The van der Waals surface area contributed by atoms with Crippen molar-refractivity contribution in [2.75, 3.05) is 65.3 Å². The molecule has 2 aromatic rings. The zero-order valence-corrected chi connectivity index (χ0v) is 19.8. The lowest BCUT2D eigenvalue weighted by atomic mass is 9.95. The summed E-state index contributed by atoms with van der Waals surface area (Å²) in [5.41, 5.74) is 10.0. The lowest BCUT2D eigenvalue weighted by Crippen LogP contribution is -2.48. The summed E-state index contributed by atoms with van der Waals surface area (Å²) in [7, 11) is 1.76. The molecule has 1 aliphatic heterocycles. The predicted molar refractivity (Wildman–Crippen MR) is 131 cm³/mol. The zero-order valence-electron chi connectivity index (χ0n) is 19.8. The number of amides is 1. The number of methoxy groups -OCH3 is 1. The second-order valence-electron chi connectivity index (χ2n) is 8.40. The highest BCUT2D eigenvalue weighted by molar-refractivity contribution is 5.94. The van der Waals surface area contributed by atoms with Gasteiger partial charge in [0.1, 0.15) is 0 Å². The molecular formula is C26H38N4O2. The van der Waals surface area contributed by atoms with E-state index in [0.29, 0.717) is 0 Å². The highest BCUT2D eigenvalue weighted by Crippen LogP contribution is 2.31. The van der Waals surface area contributed by atoms with Crippen LogP contribution < -0.4 is 5.73 Å². The Balaban J connectivity index is 1.79. The molecule has 1 fully saturated rings. The van der Waals surface area contributed by atoms with E-state index in [-0.39, 0.29) is 11.9 Å². The van der Waals surface area contributed by atoms with Gasteiger partial charge in [-0.15, -0.1) is 0 Å². The van der Waals surface area contributed by atoms with E-state index in [9.17, 15) is 4.79 Å². The molecule has 0 aliphatic carbocycles. The molecule has 1 amide bonds. The summed E-state index contributed by atoms with van der Waals surface area (Å²) in [4.78, 5) is 19.6. The minimum Gasteiger partial charge on any atom is -0.399 e. The molecule has 174 valence electrons. The molecule has 1 unspecified atom stereocenters. The number of carbonyl (C=O) groups is 1. The molecule has 0 spiro atoms. The quantitative estimate of drug-likeness (QED) is 0.454. The van der Waals surface area contributed by atoms with Gasteiger partial charge in [0.05, 0.1) is 6.04 Å². The summed E-state index contributed by atoms with van der Waals surface area (Å²) in [5, 5.41) is 0. The molecule has 0 saturated carbocycles. The first-order valence-corrected chi connectivity index (χ1v) is 11.8. The number of nitrogens with zero attached hydrogens (tertiary/aromatic N) is 3. The van der Waals surface area contributed by atoms with Crippen molar-refractivity contribution in [2.24, 2.45) is 0 Å². The molecule has 3 rings (SSSR count). The molecule has 1 saturated heterocycles. The topological polar surface area (TPSA) is 62.0 Å². The van der Waals surface area contributed by atoms with E-state index >= 15 is 0 Å². The molecule has 2 aromatic carbocycles. The van der Waals surface area contributed by atoms with Crippen LogP contribution in [-0.2, 0) is 4.74 Å². The number of piperazine rings is 1. The number of anilines is 1. The van der Waals surface area contributed by atoms with E-state index in [1.807, 2.05) is 43.0 Å². The third-order valence-corrected chi connectivity index (χ3v) is 6.35. The molecule has 1 heterocycles. The van der Waals surface area contributed by atoms with Gasteiger partial charge in [-0.25, -0.2) is 0 Å². The molecule has 6 nitrogen and oxygen atoms in total. The van der Waals surface area contributed by atoms with Gasteiger partial charge in [0, 0.05) is 70.8 Å². The molecule has 1 aliphatic rings. The van der Waals surface area contributed by atoms with Gasteiger partial charge in [0.15, 0.2) is 0 Å². The number of carbonyl (C=O) groups excluding carboxylic acids is 1. The minimum absolute atomic E-state index is 0.0896. The Morgan fingerprint density at radius 3 is 2.31 bits per heavy atom. The van der Waals surface area contributed by atoms with Crippen LogP contribution in [-0.4, -0.2) is 80.1 Å². The first-order valence-electron chi connectivity index (χ1n) is 11.8. The largest absolute Gasteiger partial charge is 0.399 e. The van der Waals surface area contributed by atoms with Crippen molar-refractivity contribution in [1.29, 1.82) is 0 Å². The highest BCUT2D eigenvalue weighted by Gasteiger charge is 2.27. The number of hydrogen-bond acceptors (Lipinski definition) is 5. The maximum Gasteiger partial charge on any atom is 0.253 e. The molecular weight excluding hydrogens is 400 g/mol. The maximum atomic E-state index is 12.7. The summed E-state index contributed by atoms with van der Waals surface area (Å²) in [6.45, 7) is 11.4. The Morgan fingerprint density at radius 2 is 1.72 bits per heavy atom. The van der Waals surface area contributed by atoms with Crippen LogP contribution in [0.3, 0.4) is 0 Å². The molecule has 32 heavy (non-hydrogen) atoms. The summed E-state index contributed by atoms with van der Waals surface area (Å²) in [5.74, 6) is 0.0896. The maximum absolute atomic E-state index is 12.7. The van der Waals surface area contributed by atoms with Crippen LogP contribution in [0, 0.1) is 0 Å². The molecule has 0 bridgehead atoms. The third-order valence-electron chi connectivity index (χ3n) is 6.35. The number of hydrogen-bond donors (Lipinski definition) is 1. The van der Waals surface area contributed by atoms with E-state index in [2.05, 4.69) is 34.1 Å². The normalized spacial score (nSPS) is 16.1. The number of rotatable bonds is 10. The van der Waals surface area contributed by atoms with Crippen LogP contribution in [0.5, 0.6) is 0 Å². The number of nitrogens with two attached hydrogens (primary N) is 1. The van der Waals surface area contributed by atoms with Crippen LogP contribution in [0.4, 0.5) is 5.69 Å². The predicted octanol–water partition coefficient (Wildman–Crippen LogP) is 3.49. The average Bonchev–Trinajstić information content (AvgIpc) is 2.82. The van der Waals surface area contributed by atoms with Crippen LogP contribution in [0.15, 0.2) is 48.5 Å². The van der Waals surface area contributed by atoms with Crippen LogP contribution in [0.25, 0.3) is 0 Å². The fourth-order valence-electron chi connectivity index (χ4n) is 4.52. The van der Waals surface area contributed by atoms with Gasteiger partial charge in [-0.05, 0) is 55.7 Å². The standard InChI is InChI=1S/C26H38N4O2/c1-4-29(5-2)26(31)22-12-10-21(11-13-22)25(23-8-6-9-24(27)20-23)30-17-15-28(16-18-30)14-7-19-32-3/h6,8-13,20,25H,4-5,7,14-19,27H2,1-3H3. The second-order valence-corrected chi connectivity index (χ2v) is 8.40. The minimum atomic E-state index is 0.0896. The Hall–Kier alpha value is -2.41. The van der Waals surface area contributed by atoms with E-state index in [1.165, 1.54) is 11.1 Å². The third kappa shape index (κ3) is 6.09. The van der Waals surface area contributed by atoms with Gasteiger partial charge in [0.25, 0.3) is 5.91 Å². The van der Waals surface area contributed by atoms with Crippen molar-refractivity contribution >= 4 is 11.6 Å². The van der Waals surface area contributed by atoms with Crippen LogP contribution in [0.1, 0.15) is 47.8 Å². The van der Waals surface area contributed by atoms with Crippen LogP contribution in [0.2, 0.25) is 0 Å². The highest BCUT2D eigenvalue weighted by atomic mass is 16.5. The lowest BCUT2D eigenvalue weighted by molar-refractivity contribution is 0.0773. The fourth-order valence-corrected chi connectivity index (χ4v) is 4.52.